The normalized spacial score (nSPS) is 27.5. The average Bonchev–Trinajstić information content (AvgIpc) is 3.37. The van der Waals surface area contributed by atoms with Crippen LogP contribution in [-0.2, 0) is 36.3 Å². The van der Waals surface area contributed by atoms with Crippen LogP contribution in [0, 0.1) is 11.7 Å². The summed E-state index contributed by atoms with van der Waals surface area (Å²) in [6.07, 6.45) is -15.3. The Hall–Kier alpha value is -3.30. The quantitative estimate of drug-likeness (QED) is 0.297. The molecule has 1 aliphatic heterocycles. The molecule has 1 N–H and O–H groups in total. The Balaban J connectivity index is 1.64. The highest BCUT2D eigenvalue weighted by Gasteiger charge is 2.74. The molecule has 3 aliphatic rings. The van der Waals surface area contributed by atoms with Crippen molar-refractivity contribution in [3.8, 4) is 0 Å². The summed E-state index contributed by atoms with van der Waals surface area (Å²) in [5.41, 5.74) is -10.7. The molecule has 1 saturated carbocycles. The van der Waals surface area contributed by atoms with E-state index >= 15 is 4.39 Å². The second-order valence-electron chi connectivity index (χ2n) is 11.8. The molecule has 6 nitrogen and oxygen atoms in total. The van der Waals surface area contributed by atoms with Crippen LogP contribution >= 0.6 is 0 Å². The van der Waals surface area contributed by atoms with Gasteiger partial charge in [0.2, 0.25) is 0 Å². The van der Waals surface area contributed by atoms with Crippen molar-refractivity contribution in [2.75, 3.05) is 6.54 Å². The third-order valence-corrected chi connectivity index (χ3v) is 12.0. The Kier molecular flexibility index (Phi) is 7.81. The van der Waals surface area contributed by atoms with Gasteiger partial charge in [0.05, 0.1) is 16.9 Å². The molecule has 1 heterocycles. The summed E-state index contributed by atoms with van der Waals surface area (Å²) in [6.45, 7) is -0.378. The molecule has 2 atom stereocenters. The zero-order valence-electron chi connectivity index (χ0n) is 23.2. The monoisotopic (exact) mass is 671 g/mol. The average molecular weight is 672 g/mol. The zero-order valence-corrected chi connectivity index (χ0v) is 24.0. The van der Waals surface area contributed by atoms with Gasteiger partial charge in [0, 0.05) is 12.1 Å². The van der Waals surface area contributed by atoms with E-state index in [-0.39, 0.29) is 49.4 Å². The first-order chi connectivity index (χ1) is 20.7. The predicted molar refractivity (Wildman–Crippen MR) is 138 cm³/mol. The minimum absolute atomic E-state index is 0.163. The minimum atomic E-state index is -6.42. The fourth-order valence-electron chi connectivity index (χ4n) is 7.09. The van der Waals surface area contributed by atoms with Crippen LogP contribution in [0.2, 0.25) is 0 Å². The van der Waals surface area contributed by atoms with Gasteiger partial charge in [-0.3, -0.25) is 9.59 Å². The van der Waals surface area contributed by atoms with Gasteiger partial charge in [0.15, 0.2) is 15.5 Å². The van der Waals surface area contributed by atoms with Crippen LogP contribution in [-0.4, -0.2) is 60.9 Å². The van der Waals surface area contributed by atoms with Gasteiger partial charge in [0.25, 0.3) is 5.91 Å². The molecule has 2 aliphatic carbocycles. The highest BCUT2D eigenvalue weighted by atomic mass is 32.2. The van der Waals surface area contributed by atoms with E-state index in [2.05, 4.69) is 0 Å². The summed E-state index contributed by atoms with van der Waals surface area (Å²) in [5, 5.41) is 9.26. The van der Waals surface area contributed by atoms with Crippen molar-refractivity contribution in [2.45, 2.75) is 84.3 Å². The Bertz CT molecular complexity index is 1600. The van der Waals surface area contributed by atoms with Crippen LogP contribution < -0.4 is 0 Å². The molecule has 2 fully saturated rings. The highest BCUT2D eigenvalue weighted by molar-refractivity contribution is 7.92. The van der Waals surface area contributed by atoms with E-state index in [1.807, 2.05) is 0 Å². The first-order valence-electron chi connectivity index (χ1n) is 13.9. The van der Waals surface area contributed by atoms with Crippen LogP contribution in [0.5, 0.6) is 0 Å². The third-order valence-electron chi connectivity index (χ3n) is 9.44. The lowest BCUT2D eigenvalue weighted by molar-refractivity contribution is -0.348. The smallest absolute Gasteiger partial charge is 0.435 e. The van der Waals surface area contributed by atoms with E-state index < -0.39 is 97.6 Å². The SMILES string of the molecule is O=C(O)C1CCC(F)(C(=O)N2CC[C@]3(S(=O)(=O)c4ccc(F)cc4)c4ccc(C(F)(C(F)(F)F)C(F)(F)F)cc4CC[C@H]23)CC1. The fraction of sp³-hybridized carbons (Fsp3) is 0.517. The van der Waals surface area contributed by atoms with Crippen molar-refractivity contribution in [2.24, 2.45) is 5.92 Å². The van der Waals surface area contributed by atoms with E-state index in [1.54, 1.807) is 0 Å². The number of hydrogen-bond acceptors (Lipinski definition) is 4. The molecule has 0 aromatic heterocycles. The number of rotatable bonds is 5. The van der Waals surface area contributed by atoms with E-state index in [1.165, 1.54) is 0 Å². The lowest BCUT2D eigenvalue weighted by Gasteiger charge is -2.44. The Morgan fingerprint density at radius 2 is 1.44 bits per heavy atom. The van der Waals surface area contributed by atoms with Gasteiger partial charge in [-0.1, -0.05) is 18.2 Å². The maximum Gasteiger partial charge on any atom is 0.435 e. The van der Waals surface area contributed by atoms with Gasteiger partial charge < -0.3 is 10.0 Å². The number of carboxylic acid groups (broad SMARTS) is 1. The molecule has 0 spiro atoms. The first-order valence-corrected chi connectivity index (χ1v) is 15.4. The number of carbonyl (C=O) groups excluding carboxylic acids is 1. The zero-order chi connectivity index (χ0) is 33.4. The topological polar surface area (TPSA) is 91.8 Å². The van der Waals surface area contributed by atoms with Crippen molar-refractivity contribution in [1.29, 1.82) is 0 Å². The molecular weight excluding hydrogens is 645 g/mol. The minimum Gasteiger partial charge on any atom is -0.481 e. The summed E-state index contributed by atoms with van der Waals surface area (Å²) in [7, 11) is -4.73. The summed E-state index contributed by atoms with van der Waals surface area (Å²) < 4.78 is 152. The van der Waals surface area contributed by atoms with Gasteiger partial charge in [-0.25, -0.2) is 21.6 Å². The molecule has 5 rings (SSSR count). The summed E-state index contributed by atoms with van der Waals surface area (Å²) >= 11 is 0. The summed E-state index contributed by atoms with van der Waals surface area (Å²) in [6, 6.07) is 3.31. The van der Waals surface area contributed by atoms with Gasteiger partial charge in [-0.2, -0.15) is 26.3 Å². The van der Waals surface area contributed by atoms with Gasteiger partial charge in [-0.05, 0) is 80.3 Å². The van der Waals surface area contributed by atoms with Crippen LogP contribution in [0.25, 0.3) is 0 Å². The van der Waals surface area contributed by atoms with Crippen LogP contribution in [0.1, 0.15) is 55.2 Å². The molecule has 0 unspecified atom stereocenters. The number of alkyl halides is 8. The summed E-state index contributed by atoms with van der Waals surface area (Å²) in [5.74, 6) is -3.96. The fourth-order valence-corrected chi connectivity index (χ4v) is 9.46. The number of aliphatic carboxylic acids is 1. The molecule has 1 amide bonds. The predicted octanol–water partition coefficient (Wildman–Crippen LogP) is 6.31. The first kappa shape index (κ1) is 33.1. The highest BCUT2D eigenvalue weighted by Crippen LogP contribution is 2.57. The van der Waals surface area contributed by atoms with Crippen LogP contribution in [0.4, 0.5) is 39.5 Å². The number of sulfone groups is 1. The third kappa shape index (κ3) is 4.89. The second kappa shape index (κ2) is 10.6. The number of likely N-dealkylation sites (tertiary alicyclic amines) is 1. The van der Waals surface area contributed by atoms with Crippen LogP contribution in [0.15, 0.2) is 47.4 Å². The number of halogens is 9. The molecule has 1 saturated heterocycles. The van der Waals surface area contributed by atoms with Crippen molar-refractivity contribution in [3.63, 3.8) is 0 Å². The van der Waals surface area contributed by atoms with Crippen molar-refractivity contribution in [1.82, 2.24) is 4.90 Å². The number of benzene rings is 2. The van der Waals surface area contributed by atoms with Gasteiger partial charge in [-0.15, -0.1) is 0 Å². The standard InChI is InChI=1S/C29H26F9NO5S/c30-19-3-5-20(6-4-19)45(43,44)26-13-14-39(24(42)25(31)11-9-16(10-12-25)23(40)41)22(26)8-1-17-15-18(2-7-21(17)26)27(32,28(33,34)35)29(36,37)38/h2-7,15-16,22H,1,8-14H2,(H,40,41)/t16?,22-,25?,26-/m0/s1. The van der Waals surface area contributed by atoms with E-state index in [0.29, 0.717) is 12.1 Å². The molecule has 16 heteroatoms. The Morgan fingerprint density at radius 3 is 1.98 bits per heavy atom. The molecule has 2 aromatic carbocycles. The number of amides is 1. The molecule has 0 radical (unpaired) electrons. The number of fused-ring (bicyclic) bond motifs is 3. The maximum atomic E-state index is 16.1. The molecule has 0 bridgehead atoms. The molecule has 45 heavy (non-hydrogen) atoms. The van der Waals surface area contributed by atoms with Crippen LogP contribution in [0.3, 0.4) is 0 Å². The number of hydrogen-bond donors (Lipinski definition) is 1. The lowest BCUT2D eigenvalue weighted by Crippen LogP contribution is -2.56. The number of nitrogens with zero attached hydrogens (tertiary/aromatic N) is 1. The second-order valence-corrected chi connectivity index (χ2v) is 14.0. The maximum absolute atomic E-state index is 16.1. The molecular formula is C29H26F9NO5S. The molecule has 246 valence electrons. The number of carboxylic acids is 1. The number of aryl methyl sites for hydroxylation is 1. The van der Waals surface area contributed by atoms with Crippen molar-refractivity contribution >= 4 is 21.7 Å². The van der Waals surface area contributed by atoms with E-state index in [0.717, 1.165) is 29.2 Å². The number of carbonyl (C=O) groups is 2. The van der Waals surface area contributed by atoms with Crippen molar-refractivity contribution < 1.29 is 62.6 Å². The van der Waals surface area contributed by atoms with Gasteiger partial charge in [0.1, 0.15) is 10.6 Å². The summed E-state index contributed by atoms with van der Waals surface area (Å²) in [4.78, 5) is 25.5. The largest absolute Gasteiger partial charge is 0.481 e. The Labute approximate surface area is 251 Å². The van der Waals surface area contributed by atoms with Crippen molar-refractivity contribution in [3.05, 3.63) is 65.0 Å². The van der Waals surface area contributed by atoms with E-state index in [4.69, 9.17) is 0 Å². The van der Waals surface area contributed by atoms with E-state index in [9.17, 15) is 58.2 Å². The lowest BCUT2D eigenvalue weighted by atomic mass is 9.76. The van der Waals surface area contributed by atoms with Gasteiger partial charge >= 0.3 is 24.0 Å². The Morgan fingerprint density at radius 1 is 0.867 bits per heavy atom. The molecule has 2 aromatic rings.